The smallest absolute Gasteiger partial charge is 0.335 e. The Morgan fingerprint density at radius 2 is 1.66 bits per heavy atom. The van der Waals surface area contributed by atoms with Gasteiger partial charge in [-0.15, -0.1) is 0 Å². The second-order valence-electron chi connectivity index (χ2n) is 12.9. The molecule has 1 fully saturated rings. The molecule has 3 heterocycles. The summed E-state index contributed by atoms with van der Waals surface area (Å²) < 4.78 is 38.9. The number of hydrogen-bond acceptors (Lipinski definition) is 16. The summed E-state index contributed by atoms with van der Waals surface area (Å²) in [5.41, 5.74) is 1.74. The number of ether oxygens (including phenoxy) is 7. The number of esters is 1. The molecule has 1 aliphatic carbocycles. The molecule has 17 nitrogen and oxygen atoms in total. The predicted molar refractivity (Wildman–Crippen MR) is 178 cm³/mol. The highest BCUT2D eigenvalue weighted by Crippen LogP contribution is 2.52. The van der Waals surface area contributed by atoms with E-state index in [0.717, 1.165) is 12.3 Å². The van der Waals surface area contributed by atoms with Gasteiger partial charge in [-0.25, -0.2) is 9.59 Å². The lowest BCUT2D eigenvalue weighted by atomic mass is 9.83. The van der Waals surface area contributed by atoms with E-state index in [1.807, 2.05) is 0 Å². The molecular formula is C36H40O17. The molecule has 8 N–H and O–H groups in total. The van der Waals surface area contributed by atoms with Crippen molar-refractivity contribution in [2.24, 2.45) is 11.8 Å². The lowest BCUT2D eigenvalue weighted by molar-refractivity contribution is -0.339. The van der Waals surface area contributed by atoms with Gasteiger partial charge in [0.15, 0.2) is 29.3 Å². The summed E-state index contributed by atoms with van der Waals surface area (Å²) in [6.07, 6.45) is -4.50. The average molecular weight is 745 g/mol. The van der Waals surface area contributed by atoms with Gasteiger partial charge >= 0.3 is 11.9 Å². The summed E-state index contributed by atoms with van der Waals surface area (Å²) in [5, 5.41) is 81.6. The van der Waals surface area contributed by atoms with Crippen molar-refractivity contribution in [1.29, 1.82) is 0 Å². The monoisotopic (exact) mass is 744 g/mol. The molecule has 6 rings (SSSR count). The van der Waals surface area contributed by atoms with Crippen LogP contribution in [0, 0.1) is 11.8 Å². The third kappa shape index (κ3) is 7.24. The number of aliphatic hydroxyl groups is 5. The van der Waals surface area contributed by atoms with Crippen LogP contribution < -0.4 is 14.2 Å². The molecule has 0 spiro atoms. The number of hydrogen-bond donors (Lipinski definition) is 8. The van der Waals surface area contributed by atoms with Gasteiger partial charge in [-0.2, -0.15) is 0 Å². The van der Waals surface area contributed by atoms with E-state index < -0.39 is 79.4 Å². The Hall–Kier alpha value is -4.88. The number of aliphatic hydroxyl groups excluding tert-OH is 5. The summed E-state index contributed by atoms with van der Waals surface area (Å²) in [6, 6.07) is 6.07. The standard InChI is InChI=1S/C36H40O17/c1-47-23-9-17(10-24(48-2)28(23)41)32-20(11-37)19-7-15(8-22(39)33(19)52-32)3-6-26(40)49-13-16-4-5-18-21(34(45)46)14-50-35(27(16)18)53-36-31(44)30(43)29(42)25(12-38)51-36/h3-4,6-10,14,18,20,25,27,29-32,35-39,41-44H,5,11-13H2,1-2H3,(H,45,46)/b6-3+/t18-,20?,25-,27-,29-,30+,31-,32?,35+,36+/m1/s1. The first-order chi connectivity index (χ1) is 25.4. The first kappa shape index (κ1) is 37.9. The van der Waals surface area contributed by atoms with Crippen molar-refractivity contribution in [2.75, 3.05) is 34.0 Å². The van der Waals surface area contributed by atoms with Gasteiger partial charge in [0.25, 0.3) is 0 Å². The molecule has 4 aliphatic rings. The number of aliphatic carboxylic acids is 1. The maximum absolute atomic E-state index is 12.9. The van der Waals surface area contributed by atoms with Crippen LogP contribution >= 0.6 is 0 Å². The molecule has 2 unspecified atom stereocenters. The van der Waals surface area contributed by atoms with Gasteiger partial charge in [0.2, 0.25) is 12.0 Å². The summed E-state index contributed by atoms with van der Waals surface area (Å²) in [5.74, 6) is -4.24. The molecule has 0 saturated carbocycles. The van der Waals surface area contributed by atoms with Gasteiger partial charge < -0.3 is 74.0 Å². The maximum atomic E-state index is 12.9. The van der Waals surface area contributed by atoms with Crippen molar-refractivity contribution in [3.05, 3.63) is 70.5 Å². The SMILES string of the molecule is COc1cc(C2Oc3c(O)cc(/C=C/C(=O)OCC4=CC[C@@H]5C(C(=O)O)=CO[C@@H](O[C@@H]6O[C@H](CO)[C@@H](O)[C@H](O)[C@H]6O)[C@H]45)cc3C2CO)cc(OC)c1O. The second-order valence-corrected chi connectivity index (χ2v) is 12.9. The third-order valence-corrected chi connectivity index (χ3v) is 9.83. The van der Waals surface area contributed by atoms with E-state index in [4.69, 9.17) is 33.2 Å². The highest BCUT2D eigenvalue weighted by molar-refractivity contribution is 5.88. The lowest BCUT2D eigenvalue weighted by Crippen LogP contribution is -2.60. The van der Waals surface area contributed by atoms with Gasteiger partial charge in [-0.1, -0.05) is 6.08 Å². The van der Waals surface area contributed by atoms with Crippen molar-refractivity contribution in [2.45, 2.75) is 55.4 Å². The van der Waals surface area contributed by atoms with Crippen molar-refractivity contribution >= 4 is 18.0 Å². The Balaban J connectivity index is 1.14. The predicted octanol–water partition coefficient (Wildman–Crippen LogP) is 0.585. The average Bonchev–Trinajstić information content (AvgIpc) is 3.75. The van der Waals surface area contributed by atoms with E-state index in [1.54, 1.807) is 12.1 Å². The molecule has 10 atom stereocenters. The van der Waals surface area contributed by atoms with Crippen LogP contribution in [0.1, 0.15) is 35.1 Å². The summed E-state index contributed by atoms with van der Waals surface area (Å²) in [7, 11) is 2.75. The van der Waals surface area contributed by atoms with Gasteiger partial charge in [0.1, 0.15) is 37.1 Å². The number of methoxy groups -OCH3 is 2. The normalized spacial score (nSPS) is 30.4. The van der Waals surface area contributed by atoms with Crippen LogP contribution in [-0.2, 0) is 28.5 Å². The minimum absolute atomic E-state index is 0.0615. The number of benzene rings is 2. The van der Waals surface area contributed by atoms with E-state index in [-0.39, 0.29) is 54.0 Å². The Morgan fingerprint density at radius 3 is 2.30 bits per heavy atom. The Labute approximate surface area is 302 Å². The summed E-state index contributed by atoms with van der Waals surface area (Å²) >= 11 is 0. The third-order valence-electron chi connectivity index (χ3n) is 9.83. The minimum atomic E-state index is -1.74. The zero-order chi connectivity index (χ0) is 38.1. The van der Waals surface area contributed by atoms with E-state index in [9.17, 15) is 50.4 Å². The molecule has 0 bridgehead atoms. The Bertz CT molecular complexity index is 1770. The van der Waals surface area contributed by atoms with Gasteiger partial charge in [0, 0.05) is 23.1 Å². The fourth-order valence-electron chi connectivity index (χ4n) is 7.08. The molecule has 17 heteroatoms. The van der Waals surface area contributed by atoms with Crippen molar-refractivity contribution in [3.63, 3.8) is 0 Å². The first-order valence-electron chi connectivity index (χ1n) is 16.6. The number of fused-ring (bicyclic) bond motifs is 2. The summed E-state index contributed by atoms with van der Waals surface area (Å²) in [4.78, 5) is 24.9. The van der Waals surface area contributed by atoms with Crippen molar-refractivity contribution < 1.29 is 83.6 Å². The van der Waals surface area contributed by atoms with Crippen LogP contribution in [0.5, 0.6) is 28.7 Å². The Morgan fingerprint density at radius 1 is 0.943 bits per heavy atom. The first-order valence-corrected chi connectivity index (χ1v) is 16.6. The van der Waals surface area contributed by atoms with Crippen LogP contribution in [0.25, 0.3) is 6.08 Å². The molecule has 53 heavy (non-hydrogen) atoms. The second kappa shape index (κ2) is 15.6. The van der Waals surface area contributed by atoms with Gasteiger partial charge in [0.05, 0.1) is 51.1 Å². The quantitative estimate of drug-likeness (QED) is 0.0840. The van der Waals surface area contributed by atoms with Gasteiger partial charge in [-0.3, -0.25) is 0 Å². The van der Waals surface area contributed by atoms with Crippen molar-refractivity contribution in [3.8, 4) is 28.7 Å². The van der Waals surface area contributed by atoms with Crippen molar-refractivity contribution in [1.82, 2.24) is 0 Å². The molecule has 0 aromatic heterocycles. The number of phenolic OH excluding ortho intramolecular Hbond substituents is 2. The number of carbonyl (C=O) groups excluding carboxylic acids is 1. The molecule has 0 radical (unpaired) electrons. The number of rotatable bonds is 12. The zero-order valence-electron chi connectivity index (χ0n) is 28.5. The lowest BCUT2D eigenvalue weighted by Gasteiger charge is -2.42. The number of phenols is 2. The number of aromatic hydroxyl groups is 2. The zero-order valence-corrected chi connectivity index (χ0v) is 28.5. The fourth-order valence-corrected chi connectivity index (χ4v) is 7.08. The number of allylic oxidation sites excluding steroid dienone is 1. The highest BCUT2D eigenvalue weighted by Gasteiger charge is 2.50. The minimum Gasteiger partial charge on any atom is -0.504 e. The molecule has 2 aromatic rings. The fraction of sp³-hybridized carbons (Fsp3) is 0.444. The molecule has 1 saturated heterocycles. The molecule has 3 aliphatic heterocycles. The summed E-state index contributed by atoms with van der Waals surface area (Å²) in [6.45, 7) is -1.36. The maximum Gasteiger partial charge on any atom is 0.335 e. The Kier molecular flexibility index (Phi) is 11.2. The van der Waals surface area contributed by atoms with E-state index in [0.29, 0.717) is 22.3 Å². The van der Waals surface area contributed by atoms with Crippen LogP contribution in [0.3, 0.4) is 0 Å². The molecule has 2 aromatic carbocycles. The number of carbonyl (C=O) groups is 2. The van der Waals surface area contributed by atoms with Crippen LogP contribution in [0.2, 0.25) is 0 Å². The molecular weight excluding hydrogens is 704 g/mol. The van der Waals surface area contributed by atoms with Crippen LogP contribution in [0.15, 0.2) is 53.8 Å². The number of carboxylic acids is 1. The largest absolute Gasteiger partial charge is 0.504 e. The van der Waals surface area contributed by atoms with Crippen LogP contribution in [0.4, 0.5) is 0 Å². The van der Waals surface area contributed by atoms with E-state index >= 15 is 0 Å². The number of carboxylic acid groups (broad SMARTS) is 1. The van der Waals surface area contributed by atoms with Crippen LogP contribution in [-0.4, -0.2) is 124 Å². The molecule has 0 amide bonds. The van der Waals surface area contributed by atoms with E-state index in [2.05, 4.69) is 0 Å². The van der Waals surface area contributed by atoms with Gasteiger partial charge in [-0.05, 0) is 47.9 Å². The topological polar surface area (TPSA) is 261 Å². The van der Waals surface area contributed by atoms with E-state index in [1.165, 1.54) is 38.5 Å². The highest BCUT2D eigenvalue weighted by atomic mass is 16.8. The molecule has 286 valence electrons.